The zero-order valence-electron chi connectivity index (χ0n) is 17.0. The third-order valence-electron chi connectivity index (χ3n) is 4.99. The van der Waals surface area contributed by atoms with Crippen LogP contribution in [0.3, 0.4) is 0 Å². The summed E-state index contributed by atoms with van der Waals surface area (Å²) in [5.74, 6) is 3.05. The minimum absolute atomic E-state index is 0.0499. The molecule has 0 unspecified atom stereocenters. The zero-order chi connectivity index (χ0) is 21.1. The number of carbonyl (C=O) groups is 1. The fraction of sp³-hybridized carbons (Fsp3) is 0.273. The van der Waals surface area contributed by atoms with E-state index in [2.05, 4.69) is 41.1 Å². The van der Waals surface area contributed by atoms with E-state index < -0.39 is 0 Å². The lowest BCUT2D eigenvalue weighted by atomic mass is 10.2. The summed E-state index contributed by atoms with van der Waals surface area (Å²) in [6.07, 6.45) is 1.77. The molecule has 0 atom stereocenters. The molecule has 3 aromatic rings. The second kappa shape index (κ2) is 8.79. The number of nitrogens with one attached hydrogen (secondary N) is 1. The predicted molar refractivity (Wildman–Crippen MR) is 121 cm³/mol. The molecule has 0 saturated carbocycles. The molecule has 1 aliphatic rings. The molecule has 8 heteroatoms. The fourth-order valence-electron chi connectivity index (χ4n) is 3.46. The van der Waals surface area contributed by atoms with Gasteiger partial charge < -0.3 is 15.1 Å². The molecule has 154 valence electrons. The predicted octanol–water partition coefficient (Wildman–Crippen LogP) is 3.96. The van der Waals surface area contributed by atoms with Crippen LogP contribution in [0.15, 0.2) is 53.1 Å². The summed E-state index contributed by atoms with van der Waals surface area (Å²) in [6.45, 7) is 6.63. The van der Waals surface area contributed by atoms with Crippen molar-refractivity contribution in [3.8, 4) is 0 Å². The van der Waals surface area contributed by atoms with Crippen LogP contribution in [-0.2, 0) is 0 Å². The van der Waals surface area contributed by atoms with Crippen molar-refractivity contribution in [2.45, 2.75) is 13.8 Å². The van der Waals surface area contributed by atoms with Gasteiger partial charge in [0.2, 0.25) is 0 Å². The minimum Gasteiger partial charge on any atom is -0.353 e. The second-order valence-electron chi connectivity index (χ2n) is 7.26. The maximum Gasteiger partial charge on any atom is 0.255 e. The average Bonchev–Trinajstić information content (AvgIpc) is 2.73. The smallest absolute Gasteiger partial charge is 0.255 e. The molecular weight excluding hydrogens is 444 g/mol. The van der Waals surface area contributed by atoms with Gasteiger partial charge in [0.25, 0.3) is 5.91 Å². The Labute approximate surface area is 184 Å². The van der Waals surface area contributed by atoms with E-state index in [-0.39, 0.29) is 5.91 Å². The topological polar surface area (TPSA) is 74.2 Å². The lowest BCUT2D eigenvalue weighted by Gasteiger charge is -2.35. The molecule has 0 aliphatic carbocycles. The Morgan fingerprint density at radius 1 is 1.00 bits per heavy atom. The fourth-order valence-corrected chi connectivity index (χ4v) is 3.91. The molecule has 1 saturated heterocycles. The summed E-state index contributed by atoms with van der Waals surface area (Å²) in [5.41, 5.74) is 1.82. The van der Waals surface area contributed by atoms with Gasteiger partial charge in [0, 0.05) is 42.9 Å². The molecule has 2 aromatic heterocycles. The highest BCUT2D eigenvalue weighted by molar-refractivity contribution is 9.10. The summed E-state index contributed by atoms with van der Waals surface area (Å²) >= 11 is 3.47. The first-order valence-electron chi connectivity index (χ1n) is 9.84. The highest BCUT2D eigenvalue weighted by Gasteiger charge is 2.24. The van der Waals surface area contributed by atoms with Crippen LogP contribution in [0.1, 0.15) is 21.7 Å². The molecule has 0 bridgehead atoms. The van der Waals surface area contributed by atoms with Gasteiger partial charge in [-0.15, -0.1) is 0 Å². The summed E-state index contributed by atoms with van der Waals surface area (Å²) in [5, 5.41) is 3.26. The third-order valence-corrected chi connectivity index (χ3v) is 5.68. The number of hydrogen-bond acceptors (Lipinski definition) is 6. The summed E-state index contributed by atoms with van der Waals surface area (Å²) in [6, 6.07) is 13.4. The quantitative estimate of drug-likeness (QED) is 0.627. The summed E-state index contributed by atoms with van der Waals surface area (Å²) in [7, 11) is 0. The number of rotatable bonds is 4. The van der Waals surface area contributed by atoms with Crippen LogP contribution in [0.2, 0.25) is 0 Å². The Morgan fingerprint density at radius 3 is 2.50 bits per heavy atom. The van der Waals surface area contributed by atoms with Gasteiger partial charge >= 0.3 is 0 Å². The lowest BCUT2D eigenvalue weighted by molar-refractivity contribution is 0.0745. The molecule has 1 fully saturated rings. The normalized spacial score (nSPS) is 14.0. The van der Waals surface area contributed by atoms with Gasteiger partial charge in [0.1, 0.15) is 23.3 Å². The molecule has 0 spiro atoms. The van der Waals surface area contributed by atoms with Crippen molar-refractivity contribution in [1.29, 1.82) is 0 Å². The molecule has 1 amide bonds. The van der Waals surface area contributed by atoms with E-state index in [0.717, 1.165) is 34.8 Å². The van der Waals surface area contributed by atoms with E-state index in [1.54, 1.807) is 6.20 Å². The number of carbonyl (C=O) groups excluding carboxylic acids is 1. The summed E-state index contributed by atoms with van der Waals surface area (Å²) in [4.78, 5) is 30.3. The van der Waals surface area contributed by atoms with E-state index in [0.29, 0.717) is 30.3 Å². The Balaban J connectivity index is 1.45. The number of amides is 1. The first-order chi connectivity index (χ1) is 14.5. The number of pyridine rings is 1. The van der Waals surface area contributed by atoms with Crippen molar-refractivity contribution in [1.82, 2.24) is 19.9 Å². The van der Waals surface area contributed by atoms with Crippen molar-refractivity contribution in [3.05, 3.63) is 70.1 Å². The van der Waals surface area contributed by atoms with Gasteiger partial charge in [-0.05, 0) is 59.6 Å². The molecule has 1 N–H and O–H groups in total. The second-order valence-corrected chi connectivity index (χ2v) is 8.12. The van der Waals surface area contributed by atoms with Gasteiger partial charge in [0.15, 0.2) is 0 Å². The Bertz CT molecular complexity index is 1060. The molecule has 7 nitrogen and oxygen atoms in total. The summed E-state index contributed by atoms with van der Waals surface area (Å²) < 4.78 is 0.823. The van der Waals surface area contributed by atoms with Crippen LogP contribution in [0.5, 0.6) is 0 Å². The monoisotopic (exact) mass is 466 g/mol. The van der Waals surface area contributed by atoms with Gasteiger partial charge in [0.05, 0.1) is 5.56 Å². The van der Waals surface area contributed by atoms with Crippen molar-refractivity contribution in [3.63, 3.8) is 0 Å². The van der Waals surface area contributed by atoms with E-state index in [9.17, 15) is 4.79 Å². The zero-order valence-corrected chi connectivity index (χ0v) is 18.6. The SMILES string of the molecule is Cc1ccnc(Nc2cc(N3CCN(C(=O)c4ccccc4Br)CC3)nc(C)n2)c1. The highest BCUT2D eigenvalue weighted by Crippen LogP contribution is 2.22. The van der Waals surface area contributed by atoms with Crippen LogP contribution in [0.4, 0.5) is 17.5 Å². The molecule has 3 heterocycles. The third kappa shape index (κ3) is 4.59. The Morgan fingerprint density at radius 2 is 1.77 bits per heavy atom. The Hall–Kier alpha value is -3.00. The average molecular weight is 467 g/mol. The first-order valence-corrected chi connectivity index (χ1v) is 10.6. The lowest BCUT2D eigenvalue weighted by Crippen LogP contribution is -2.49. The van der Waals surface area contributed by atoms with Gasteiger partial charge in [-0.3, -0.25) is 4.79 Å². The van der Waals surface area contributed by atoms with Crippen molar-refractivity contribution in [2.24, 2.45) is 0 Å². The number of aromatic nitrogens is 3. The number of nitrogens with zero attached hydrogens (tertiary/aromatic N) is 5. The van der Waals surface area contributed by atoms with Gasteiger partial charge in [-0.25, -0.2) is 15.0 Å². The number of anilines is 3. The van der Waals surface area contributed by atoms with Crippen LogP contribution < -0.4 is 10.2 Å². The minimum atomic E-state index is 0.0499. The molecule has 30 heavy (non-hydrogen) atoms. The van der Waals surface area contributed by atoms with Gasteiger partial charge in [-0.2, -0.15) is 0 Å². The standard InChI is InChI=1S/C22H23BrN6O/c1-15-7-8-24-19(13-15)27-20-14-21(26-16(2)25-20)28-9-11-29(12-10-28)22(30)17-5-3-4-6-18(17)23/h3-8,13-14H,9-12H2,1-2H3,(H,24,25,26,27). The van der Waals surface area contributed by atoms with E-state index in [1.165, 1.54) is 0 Å². The first kappa shape index (κ1) is 20.3. The van der Waals surface area contributed by atoms with E-state index in [1.807, 2.05) is 61.2 Å². The maximum absolute atomic E-state index is 12.8. The number of hydrogen-bond donors (Lipinski definition) is 1. The molecule has 4 rings (SSSR count). The number of benzene rings is 1. The number of halogens is 1. The number of aryl methyl sites for hydroxylation is 2. The van der Waals surface area contributed by atoms with Gasteiger partial charge in [-0.1, -0.05) is 12.1 Å². The van der Waals surface area contributed by atoms with Crippen molar-refractivity contribution >= 4 is 39.3 Å². The molecule has 1 aliphatic heterocycles. The van der Waals surface area contributed by atoms with Crippen LogP contribution in [0, 0.1) is 13.8 Å². The largest absolute Gasteiger partial charge is 0.353 e. The molecule has 0 radical (unpaired) electrons. The highest BCUT2D eigenvalue weighted by atomic mass is 79.9. The number of piperazine rings is 1. The molecular formula is C22H23BrN6O. The van der Waals surface area contributed by atoms with Crippen LogP contribution in [0.25, 0.3) is 0 Å². The van der Waals surface area contributed by atoms with Crippen LogP contribution in [-0.4, -0.2) is 51.9 Å². The van der Waals surface area contributed by atoms with Crippen molar-refractivity contribution in [2.75, 3.05) is 36.4 Å². The Kier molecular flexibility index (Phi) is 5.94. The van der Waals surface area contributed by atoms with Crippen molar-refractivity contribution < 1.29 is 4.79 Å². The van der Waals surface area contributed by atoms with E-state index >= 15 is 0 Å². The van der Waals surface area contributed by atoms with Crippen LogP contribution >= 0.6 is 15.9 Å². The molecule has 1 aromatic carbocycles. The van der Waals surface area contributed by atoms with E-state index in [4.69, 9.17) is 0 Å². The maximum atomic E-state index is 12.8.